The number of carbonyl (C=O) groups is 1. The van der Waals surface area contributed by atoms with Gasteiger partial charge in [0.05, 0.1) is 17.8 Å². The molecule has 0 bridgehead atoms. The third-order valence-electron chi connectivity index (χ3n) is 3.62. The van der Waals surface area contributed by atoms with E-state index in [1.54, 1.807) is 4.90 Å². The highest BCUT2D eigenvalue weighted by molar-refractivity contribution is 5.69. The zero-order chi connectivity index (χ0) is 15.6. The van der Waals surface area contributed by atoms with Gasteiger partial charge >= 0.3 is 6.09 Å². The lowest BCUT2D eigenvalue weighted by Crippen LogP contribution is -2.44. The van der Waals surface area contributed by atoms with Crippen LogP contribution < -0.4 is 5.73 Å². The maximum atomic E-state index is 12.3. The van der Waals surface area contributed by atoms with Gasteiger partial charge in [0.2, 0.25) is 0 Å². The Bertz CT molecular complexity index is 493. The summed E-state index contributed by atoms with van der Waals surface area (Å²) in [5.41, 5.74) is 7.76. The lowest BCUT2D eigenvalue weighted by molar-refractivity contribution is 0.0205. The number of likely N-dealkylation sites (tertiary alicyclic amines) is 1. The van der Waals surface area contributed by atoms with Crippen LogP contribution in [0.15, 0.2) is 18.3 Å². The molecule has 1 unspecified atom stereocenters. The SMILES string of the molecule is Cc1ccc(C(N)[C@@H]2CCCN2C(=O)OC(C)(C)C)nc1. The van der Waals surface area contributed by atoms with Crippen molar-refractivity contribution in [1.29, 1.82) is 0 Å². The second-order valence-electron chi connectivity index (χ2n) is 6.67. The maximum absolute atomic E-state index is 12.3. The van der Waals surface area contributed by atoms with Gasteiger partial charge in [0, 0.05) is 12.7 Å². The second kappa shape index (κ2) is 6.02. The summed E-state index contributed by atoms with van der Waals surface area (Å²) in [6, 6.07) is 3.61. The molecule has 1 aliphatic heterocycles. The highest BCUT2D eigenvalue weighted by Crippen LogP contribution is 2.28. The average Bonchev–Trinajstić information content (AvgIpc) is 2.86. The maximum Gasteiger partial charge on any atom is 0.410 e. The van der Waals surface area contributed by atoms with Gasteiger partial charge in [-0.15, -0.1) is 0 Å². The minimum atomic E-state index is -0.490. The molecule has 0 saturated carbocycles. The van der Waals surface area contributed by atoms with E-state index in [0.29, 0.717) is 6.54 Å². The molecule has 2 N–H and O–H groups in total. The van der Waals surface area contributed by atoms with Crippen LogP contribution in [0.5, 0.6) is 0 Å². The molecule has 21 heavy (non-hydrogen) atoms. The minimum absolute atomic E-state index is 0.0462. The van der Waals surface area contributed by atoms with Gasteiger partial charge in [-0.05, 0) is 52.2 Å². The number of hydrogen-bond acceptors (Lipinski definition) is 4. The number of hydrogen-bond donors (Lipinski definition) is 1. The summed E-state index contributed by atoms with van der Waals surface area (Å²) < 4.78 is 5.47. The van der Waals surface area contributed by atoms with Crippen molar-refractivity contribution in [3.8, 4) is 0 Å². The van der Waals surface area contributed by atoms with Gasteiger partial charge in [0.25, 0.3) is 0 Å². The summed E-state index contributed by atoms with van der Waals surface area (Å²) in [7, 11) is 0. The third kappa shape index (κ3) is 3.94. The van der Waals surface area contributed by atoms with Crippen molar-refractivity contribution in [1.82, 2.24) is 9.88 Å². The van der Waals surface area contributed by atoms with E-state index in [4.69, 9.17) is 10.5 Å². The number of ether oxygens (including phenoxy) is 1. The van der Waals surface area contributed by atoms with Crippen LogP contribution >= 0.6 is 0 Å². The first kappa shape index (κ1) is 15.8. The quantitative estimate of drug-likeness (QED) is 0.909. The predicted octanol–water partition coefficient (Wildman–Crippen LogP) is 2.79. The molecule has 5 nitrogen and oxygen atoms in total. The summed E-state index contributed by atoms with van der Waals surface area (Å²) >= 11 is 0. The van der Waals surface area contributed by atoms with Crippen LogP contribution in [0.25, 0.3) is 0 Å². The van der Waals surface area contributed by atoms with E-state index in [2.05, 4.69) is 4.98 Å². The van der Waals surface area contributed by atoms with Gasteiger partial charge in [-0.25, -0.2) is 4.79 Å². The van der Waals surface area contributed by atoms with Crippen LogP contribution in [0.2, 0.25) is 0 Å². The Morgan fingerprint density at radius 2 is 2.19 bits per heavy atom. The fraction of sp³-hybridized carbons (Fsp3) is 0.625. The number of aryl methyl sites for hydroxylation is 1. The molecule has 116 valence electrons. The molecule has 5 heteroatoms. The van der Waals surface area contributed by atoms with Gasteiger partial charge in [-0.1, -0.05) is 6.07 Å². The Balaban J connectivity index is 2.10. The van der Waals surface area contributed by atoms with Crippen molar-refractivity contribution in [2.45, 2.75) is 58.2 Å². The highest BCUT2D eigenvalue weighted by atomic mass is 16.6. The van der Waals surface area contributed by atoms with Crippen molar-refractivity contribution in [2.24, 2.45) is 5.73 Å². The minimum Gasteiger partial charge on any atom is -0.444 e. The van der Waals surface area contributed by atoms with Crippen LogP contribution in [0.1, 0.15) is 50.9 Å². The molecule has 0 spiro atoms. The molecule has 0 radical (unpaired) electrons. The Labute approximate surface area is 126 Å². The van der Waals surface area contributed by atoms with Crippen LogP contribution in [0, 0.1) is 6.92 Å². The van der Waals surface area contributed by atoms with E-state index in [-0.39, 0.29) is 18.2 Å². The van der Waals surface area contributed by atoms with Gasteiger partial charge in [-0.2, -0.15) is 0 Å². The van der Waals surface area contributed by atoms with E-state index < -0.39 is 5.60 Å². The van der Waals surface area contributed by atoms with Crippen LogP contribution in [-0.4, -0.2) is 34.2 Å². The molecule has 1 amide bonds. The van der Waals surface area contributed by atoms with Gasteiger partial charge < -0.3 is 15.4 Å². The number of nitrogens with two attached hydrogens (primary N) is 1. The van der Waals surface area contributed by atoms with E-state index >= 15 is 0 Å². The Morgan fingerprint density at radius 1 is 1.48 bits per heavy atom. The molecule has 1 saturated heterocycles. The lowest BCUT2D eigenvalue weighted by Gasteiger charge is -2.31. The molecule has 2 rings (SSSR count). The molecule has 0 aliphatic carbocycles. The first-order chi connectivity index (χ1) is 9.78. The first-order valence-electron chi connectivity index (χ1n) is 7.46. The van der Waals surface area contributed by atoms with Crippen molar-refractivity contribution >= 4 is 6.09 Å². The fourth-order valence-electron chi connectivity index (χ4n) is 2.59. The van der Waals surface area contributed by atoms with Crippen molar-refractivity contribution in [2.75, 3.05) is 6.54 Å². The summed E-state index contributed by atoms with van der Waals surface area (Å²) in [5.74, 6) is 0. The summed E-state index contributed by atoms with van der Waals surface area (Å²) in [6.45, 7) is 8.30. The number of carbonyl (C=O) groups excluding carboxylic acids is 1. The number of amides is 1. The number of rotatable bonds is 2. The summed E-state index contributed by atoms with van der Waals surface area (Å²) in [5, 5.41) is 0. The monoisotopic (exact) mass is 291 g/mol. The van der Waals surface area contributed by atoms with E-state index in [1.165, 1.54) is 0 Å². The molecule has 2 atom stereocenters. The molecular formula is C16H25N3O2. The molecule has 1 aromatic rings. The van der Waals surface area contributed by atoms with Gasteiger partial charge in [0.15, 0.2) is 0 Å². The Kier molecular flexibility index (Phi) is 4.52. The van der Waals surface area contributed by atoms with Crippen molar-refractivity contribution < 1.29 is 9.53 Å². The third-order valence-corrected chi connectivity index (χ3v) is 3.62. The Morgan fingerprint density at radius 3 is 2.76 bits per heavy atom. The van der Waals surface area contributed by atoms with Gasteiger partial charge in [0.1, 0.15) is 5.60 Å². The van der Waals surface area contributed by atoms with E-state index in [1.807, 2.05) is 46.0 Å². The van der Waals surface area contributed by atoms with E-state index in [0.717, 1.165) is 24.1 Å². The molecule has 0 aromatic carbocycles. The average molecular weight is 291 g/mol. The molecule has 1 fully saturated rings. The Hall–Kier alpha value is -1.62. The molecule has 1 aliphatic rings. The van der Waals surface area contributed by atoms with Gasteiger partial charge in [-0.3, -0.25) is 4.98 Å². The van der Waals surface area contributed by atoms with Crippen LogP contribution in [0.4, 0.5) is 4.79 Å². The fourth-order valence-corrected chi connectivity index (χ4v) is 2.59. The van der Waals surface area contributed by atoms with Crippen LogP contribution in [-0.2, 0) is 4.74 Å². The molecule has 2 heterocycles. The molecular weight excluding hydrogens is 266 g/mol. The zero-order valence-electron chi connectivity index (χ0n) is 13.3. The molecule has 1 aromatic heterocycles. The normalized spacial score (nSPS) is 20.4. The summed E-state index contributed by atoms with van der Waals surface area (Å²) in [4.78, 5) is 18.4. The standard InChI is InChI=1S/C16H25N3O2/c1-11-7-8-12(18-10-11)14(17)13-6-5-9-19(13)15(20)21-16(2,3)4/h7-8,10,13-14H,5-6,9,17H2,1-4H3/t13-,14?/m0/s1. The zero-order valence-corrected chi connectivity index (χ0v) is 13.3. The second-order valence-corrected chi connectivity index (χ2v) is 6.67. The predicted molar refractivity (Wildman–Crippen MR) is 81.9 cm³/mol. The topological polar surface area (TPSA) is 68.5 Å². The smallest absolute Gasteiger partial charge is 0.410 e. The van der Waals surface area contributed by atoms with Crippen molar-refractivity contribution in [3.05, 3.63) is 29.6 Å². The summed E-state index contributed by atoms with van der Waals surface area (Å²) in [6.07, 6.45) is 3.36. The van der Waals surface area contributed by atoms with Crippen LogP contribution in [0.3, 0.4) is 0 Å². The first-order valence-corrected chi connectivity index (χ1v) is 7.46. The number of aromatic nitrogens is 1. The number of nitrogens with zero attached hydrogens (tertiary/aromatic N) is 2. The van der Waals surface area contributed by atoms with E-state index in [9.17, 15) is 4.79 Å². The van der Waals surface area contributed by atoms with Crippen molar-refractivity contribution in [3.63, 3.8) is 0 Å². The largest absolute Gasteiger partial charge is 0.444 e. The number of pyridine rings is 1. The lowest BCUT2D eigenvalue weighted by atomic mass is 10.0. The highest BCUT2D eigenvalue weighted by Gasteiger charge is 2.36.